The molecule has 30 heavy (non-hydrogen) atoms. The lowest BCUT2D eigenvalue weighted by Gasteiger charge is -2.42. The number of carbonyl (C=O) groups excluding carboxylic acids is 2. The Morgan fingerprint density at radius 3 is 2.60 bits per heavy atom. The summed E-state index contributed by atoms with van der Waals surface area (Å²) in [6.45, 7) is 3.77. The average Bonchev–Trinajstić information content (AvgIpc) is 3.36. The van der Waals surface area contributed by atoms with Crippen LogP contribution in [0.1, 0.15) is 50.9 Å². The fourth-order valence-electron chi connectivity index (χ4n) is 5.08. The molecule has 5 heterocycles. The minimum atomic E-state index is -1.02. The van der Waals surface area contributed by atoms with Crippen LogP contribution in [0.15, 0.2) is 33.7 Å². The second-order valence-corrected chi connectivity index (χ2v) is 8.67. The predicted molar refractivity (Wildman–Crippen MR) is 106 cm³/mol. The van der Waals surface area contributed by atoms with Gasteiger partial charge in [0.25, 0.3) is 17.4 Å². The van der Waals surface area contributed by atoms with Gasteiger partial charge in [0.15, 0.2) is 5.76 Å². The van der Waals surface area contributed by atoms with E-state index in [9.17, 15) is 18.8 Å². The van der Waals surface area contributed by atoms with Crippen LogP contribution >= 0.6 is 0 Å². The number of alkyl halides is 1. The molecule has 0 aromatic carbocycles. The number of rotatable bonds is 2. The number of carbonyl (C=O) groups is 2. The monoisotopic (exact) mass is 413 g/mol. The number of hydrogen-bond acceptors (Lipinski definition) is 4. The molecule has 3 aliphatic rings. The first kappa shape index (κ1) is 19.1. The van der Waals surface area contributed by atoms with Crippen LogP contribution in [-0.2, 0) is 6.54 Å². The van der Waals surface area contributed by atoms with Gasteiger partial charge in [-0.2, -0.15) is 0 Å². The summed E-state index contributed by atoms with van der Waals surface area (Å²) in [6.07, 6.45) is 1.73. The fraction of sp³-hybridized carbons (Fsp3) is 0.500. The quantitative estimate of drug-likeness (QED) is 0.756. The van der Waals surface area contributed by atoms with Crippen LogP contribution in [0.5, 0.6) is 0 Å². The van der Waals surface area contributed by atoms with Gasteiger partial charge in [0.2, 0.25) is 0 Å². The number of amides is 2. The summed E-state index contributed by atoms with van der Waals surface area (Å²) in [4.78, 5) is 42.0. The first-order valence-corrected chi connectivity index (χ1v) is 10.4. The Morgan fingerprint density at radius 1 is 1.07 bits per heavy atom. The highest BCUT2D eigenvalue weighted by atomic mass is 19.1. The standard InChI is InChI=1S/C22H24FN3O4/c1-13-5-7-30-19(13)22(29)25-9-14-8-15(11-25)18-3-2-17(21(28)26(18)10-14)20(27)24-6-4-16(23)12-24/h2-3,5,7,14-16H,4,6,8-12H2,1H3/t14-,15+,16+/m0/s1. The van der Waals surface area contributed by atoms with Gasteiger partial charge in [-0.25, -0.2) is 4.39 Å². The number of likely N-dealkylation sites (tertiary alicyclic amines) is 2. The molecule has 3 aliphatic heterocycles. The molecule has 8 heteroatoms. The van der Waals surface area contributed by atoms with Gasteiger partial charge >= 0.3 is 0 Å². The zero-order valence-electron chi connectivity index (χ0n) is 16.8. The lowest BCUT2D eigenvalue weighted by atomic mass is 9.82. The fourth-order valence-corrected chi connectivity index (χ4v) is 5.08. The molecule has 2 aromatic heterocycles. The van der Waals surface area contributed by atoms with E-state index < -0.39 is 12.1 Å². The summed E-state index contributed by atoms with van der Waals surface area (Å²) in [5.41, 5.74) is 1.46. The molecule has 158 valence electrons. The molecule has 0 saturated carbocycles. The molecule has 0 radical (unpaired) electrons. The largest absolute Gasteiger partial charge is 0.459 e. The van der Waals surface area contributed by atoms with Crippen LogP contribution in [0.3, 0.4) is 0 Å². The van der Waals surface area contributed by atoms with Crippen LogP contribution in [0.2, 0.25) is 0 Å². The third-order valence-corrected chi connectivity index (χ3v) is 6.60. The van der Waals surface area contributed by atoms with Crippen LogP contribution in [0, 0.1) is 12.8 Å². The van der Waals surface area contributed by atoms with Crippen molar-refractivity contribution in [2.24, 2.45) is 5.92 Å². The van der Waals surface area contributed by atoms with Crippen molar-refractivity contribution < 1.29 is 18.4 Å². The number of furan rings is 1. The van der Waals surface area contributed by atoms with Gasteiger partial charge in [0.05, 0.1) is 12.8 Å². The Hall–Kier alpha value is -2.90. The summed E-state index contributed by atoms with van der Waals surface area (Å²) in [5.74, 6) is 0.0297. The van der Waals surface area contributed by atoms with Crippen molar-refractivity contribution in [2.75, 3.05) is 26.2 Å². The maximum absolute atomic E-state index is 13.5. The highest BCUT2D eigenvalue weighted by molar-refractivity contribution is 5.94. The number of nitrogens with zero attached hydrogens (tertiary/aromatic N) is 3. The number of fused-ring (bicyclic) bond motifs is 4. The number of aryl methyl sites for hydroxylation is 1. The van der Waals surface area contributed by atoms with E-state index in [0.29, 0.717) is 38.4 Å². The second-order valence-electron chi connectivity index (χ2n) is 8.67. The zero-order valence-corrected chi connectivity index (χ0v) is 16.8. The zero-order chi connectivity index (χ0) is 21.0. The SMILES string of the molecule is Cc1ccoc1C(=O)N1C[C@@H]2C[C@H](C1)c1ccc(C(=O)N3CC[C@@H](F)C3)c(=O)n1C2. The predicted octanol–water partition coefficient (Wildman–Crippen LogP) is 2.19. The van der Waals surface area contributed by atoms with Crippen molar-refractivity contribution in [3.8, 4) is 0 Å². The van der Waals surface area contributed by atoms with Crippen LogP contribution in [-0.4, -0.2) is 58.5 Å². The molecule has 0 spiro atoms. The van der Waals surface area contributed by atoms with Gasteiger partial charge in [-0.05, 0) is 43.9 Å². The van der Waals surface area contributed by atoms with Gasteiger partial charge in [0.1, 0.15) is 11.7 Å². The van der Waals surface area contributed by atoms with Gasteiger partial charge in [-0.3, -0.25) is 14.4 Å². The number of aromatic nitrogens is 1. The van der Waals surface area contributed by atoms with E-state index in [-0.39, 0.29) is 35.4 Å². The smallest absolute Gasteiger partial charge is 0.289 e. The van der Waals surface area contributed by atoms with E-state index in [4.69, 9.17) is 4.42 Å². The summed E-state index contributed by atoms with van der Waals surface area (Å²) >= 11 is 0. The molecule has 7 nitrogen and oxygen atoms in total. The Labute approximate surface area is 173 Å². The number of hydrogen-bond donors (Lipinski definition) is 0. The van der Waals surface area contributed by atoms with E-state index in [2.05, 4.69) is 0 Å². The average molecular weight is 413 g/mol. The van der Waals surface area contributed by atoms with E-state index in [1.165, 1.54) is 11.2 Å². The lowest BCUT2D eigenvalue weighted by molar-refractivity contribution is 0.0562. The molecular formula is C22H24FN3O4. The van der Waals surface area contributed by atoms with E-state index in [1.54, 1.807) is 16.7 Å². The normalized spacial score (nSPS) is 25.3. The summed E-state index contributed by atoms with van der Waals surface area (Å²) in [7, 11) is 0. The van der Waals surface area contributed by atoms with Crippen molar-refractivity contribution in [2.45, 2.75) is 38.4 Å². The van der Waals surface area contributed by atoms with Crippen molar-refractivity contribution >= 4 is 11.8 Å². The highest BCUT2D eigenvalue weighted by Gasteiger charge is 2.38. The van der Waals surface area contributed by atoms with Crippen molar-refractivity contribution in [3.63, 3.8) is 0 Å². The molecule has 5 rings (SSSR count). The summed E-state index contributed by atoms with van der Waals surface area (Å²) < 4.78 is 20.6. The molecule has 0 N–H and O–H groups in total. The molecule has 0 aliphatic carbocycles. The summed E-state index contributed by atoms with van der Waals surface area (Å²) in [5, 5.41) is 0. The van der Waals surface area contributed by atoms with E-state index >= 15 is 0 Å². The third kappa shape index (κ3) is 3.05. The second kappa shape index (κ2) is 7.11. The third-order valence-electron chi connectivity index (χ3n) is 6.60. The van der Waals surface area contributed by atoms with Crippen molar-refractivity contribution in [1.29, 1.82) is 0 Å². The van der Waals surface area contributed by atoms with Gasteiger partial charge < -0.3 is 18.8 Å². The van der Waals surface area contributed by atoms with Crippen LogP contribution < -0.4 is 5.56 Å². The van der Waals surface area contributed by atoms with Crippen LogP contribution in [0.4, 0.5) is 4.39 Å². The summed E-state index contributed by atoms with van der Waals surface area (Å²) in [6, 6.07) is 5.17. The van der Waals surface area contributed by atoms with Crippen LogP contribution in [0.25, 0.3) is 0 Å². The van der Waals surface area contributed by atoms with Gasteiger partial charge in [-0.15, -0.1) is 0 Å². The first-order chi connectivity index (χ1) is 14.4. The number of pyridine rings is 1. The van der Waals surface area contributed by atoms with E-state index in [0.717, 1.165) is 17.7 Å². The van der Waals surface area contributed by atoms with Crippen molar-refractivity contribution in [1.82, 2.24) is 14.4 Å². The number of piperidine rings is 1. The molecule has 2 aromatic rings. The topological polar surface area (TPSA) is 75.8 Å². The molecule has 2 fully saturated rings. The lowest BCUT2D eigenvalue weighted by Crippen LogP contribution is -2.50. The van der Waals surface area contributed by atoms with Gasteiger partial charge in [-0.1, -0.05) is 0 Å². The molecular weight excluding hydrogens is 389 g/mol. The minimum absolute atomic E-state index is 0.0376. The highest BCUT2D eigenvalue weighted by Crippen LogP contribution is 2.36. The van der Waals surface area contributed by atoms with Crippen molar-refractivity contribution in [3.05, 3.63) is 57.4 Å². The molecule has 0 unspecified atom stereocenters. The Morgan fingerprint density at radius 2 is 1.90 bits per heavy atom. The Bertz CT molecular complexity index is 1070. The molecule has 2 bridgehead atoms. The maximum Gasteiger partial charge on any atom is 0.289 e. The number of halogens is 1. The molecule has 3 atom stereocenters. The minimum Gasteiger partial charge on any atom is -0.459 e. The molecule has 2 saturated heterocycles. The first-order valence-electron chi connectivity index (χ1n) is 10.4. The Balaban J connectivity index is 1.41. The Kier molecular flexibility index (Phi) is 4.52. The van der Waals surface area contributed by atoms with E-state index in [1.807, 2.05) is 17.9 Å². The maximum atomic E-state index is 13.5. The van der Waals surface area contributed by atoms with Gasteiger partial charge in [0, 0.05) is 43.4 Å². The molecule has 2 amide bonds.